The predicted molar refractivity (Wildman–Crippen MR) is 127 cm³/mol. The molecule has 0 heterocycles. The molecule has 0 radical (unpaired) electrons. The van der Waals surface area contributed by atoms with Crippen molar-refractivity contribution in [2.24, 2.45) is 5.92 Å². The van der Waals surface area contributed by atoms with Crippen LogP contribution in [0.2, 0.25) is 0 Å². The zero-order valence-electron chi connectivity index (χ0n) is 18.2. The first-order valence-corrected chi connectivity index (χ1v) is 12.5. The van der Waals surface area contributed by atoms with Crippen molar-refractivity contribution in [1.29, 1.82) is 0 Å². The molecule has 0 bridgehead atoms. The van der Waals surface area contributed by atoms with E-state index in [9.17, 15) is 17.6 Å². The number of hydrogen-bond acceptors (Lipinski definition) is 0. The van der Waals surface area contributed by atoms with Crippen LogP contribution in [0.3, 0.4) is 0 Å². The van der Waals surface area contributed by atoms with Gasteiger partial charge in [0.25, 0.3) is 0 Å². The summed E-state index contributed by atoms with van der Waals surface area (Å²) < 4.78 is 55.0. The molecule has 0 spiro atoms. The summed E-state index contributed by atoms with van der Waals surface area (Å²) in [7, 11) is 0. The highest BCUT2D eigenvalue weighted by molar-refractivity contribution is 14.1. The summed E-state index contributed by atoms with van der Waals surface area (Å²) in [6.07, 6.45) is 3.48. The molecule has 0 saturated heterocycles. The first kappa shape index (κ1) is 24.5. The van der Waals surface area contributed by atoms with E-state index in [0.29, 0.717) is 12.3 Å². The first-order chi connectivity index (χ1) is 14.7. The van der Waals surface area contributed by atoms with Gasteiger partial charge in [-0.3, -0.25) is 0 Å². The van der Waals surface area contributed by atoms with Crippen LogP contribution in [-0.2, 0) is 19.0 Å². The number of halogens is 5. The third kappa shape index (κ3) is 6.23. The van der Waals surface area contributed by atoms with Gasteiger partial charge in [0.05, 0.1) is 5.56 Å². The average molecular weight is 546 g/mol. The van der Waals surface area contributed by atoms with Crippen molar-refractivity contribution in [1.82, 2.24) is 0 Å². The van der Waals surface area contributed by atoms with Crippen molar-refractivity contribution in [3.05, 3.63) is 70.0 Å². The van der Waals surface area contributed by atoms with Gasteiger partial charge >= 0.3 is 6.18 Å². The fourth-order valence-corrected chi connectivity index (χ4v) is 6.14. The minimum absolute atomic E-state index is 0.0263. The second-order valence-corrected chi connectivity index (χ2v) is 10.5. The van der Waals surface area contributed by atoms with Crippen LogP contribution in [0.25, 0.3) is 0 Å². The van der Waals surface area contributed by atoms with Crippen LogP contribution in [-0.4, -0.2) is 3.92 Å². The number of benzene rings is 2. The lowest BCUT2D eigenvalue weighted by Gasteiger charge is -2.31. The monoisotopic (exact) mass is 546 g/mol. The zero-order chi connectivity index (χ0) is 22.6. The quantitative estimate of drug-likeness (QED) is 0.185. The maximum atomic E-state index is 14.1. The van der Waals surface area contributed by atoms with E-state index in [4.69, 9.17) is 0 Å². The summed E-state index contributed by atoms with van der Waals surface area (Å²) in [5.41, 5.74) is 1.26. The molecular formula is C26H31F4I. The fourth-order valence-electron chi connectivity index (χ4n) is 4.80. The second-order valence-electron chi connectivity index (χ2n) is 8.89. The Morgan fingerprint density at radius 3 is 2.19 bits per heavy atom. The van der Waals surface area contributed by atoms with E-state index in [1.165, 1.54) is 63.1 Å². The lowest BCUT2D eigenvalue weighted by Crippen LogP contribution is -2.21. The van der Waals surface area contributed by atoms with Crippen LogP contribution in [0.4, 0.5) is 17.6 Å². The summed E-state index contributed by atoms with van der Waals surface area (Å²) in [5, 5.41) is 0. The molecule has 170 valence electrons. The fraction of sp³-hybridized carbons (Fsp3) is 0.538. The highest BCUT2D eigenvalue weighted by Gasteiger charge is 2.37. The molecule has 0 amide bonds. The molecule has 0 nitrogen and oxygen atoms in total. The predicted octanol–water partition coefficient (Wildman–Crippen LogP) is 8.82. The van der Waals surface area contributed by atoms with Crippen LogP contribution in [0.5, 0.6) is 0 Å². The smallest absolute Gasteiger partial charge is 0.206 e. The molecule has 3 rings (SSSR count). The molecule has 0 aromatic heterocycles. The summed E-state index contributed by atoms with van der Waals surface area (Å²) in [5.74, 6) is 0.260. The SMILES string of the molecule is CCCC(I)C1CCC(c2ccc(CCc3ccc(C)c(F)c3C(F)(F)F)cc2)CC1. The van der Waals surface area contributed by atoms with Gasteiger partial charge in [-0.05, 0) is 86.0 Å². The van der Waals surface area contributed by atoms with Gasteiger partial charge in [0, 0.05) is 3.92 Å². The molecule has 0 N–H and O–H groups in total. The molecule has 31 heavy (non-hydrogen) atoms. The van der Waals surface area contributed by atoms with Crippen molar-refractivity contribution in [3.8, 4) is 0 Å². The minimum Gasteiger partial charge on any atom is -0.206 e. The molecule has 5 heteroatoms. The average Bonchev–Trinajstić information content (AvgIpc) is 2.74. The summed E-state index contributed by atoms with van der Waals surface area (Å²) >= 11 is 2.62. The van der Waals surface area contributed by atoms with E-state index in [1.807, 2.05) is 12.1 Å². The van der Waals surface area contributed by atoms with Crippen LogP contribution in [0.15, 0.2) is 36.4 Å². The van der Waals surface area contributed by atoms with Crippen LogP contribution in [0, 0.1) is 18.7 Å². The normalized spacial score (nSPS) is 20.6. The molecule has 2 aromatic rings. The highest BCUT2D eigenvalue weighted by Crippen LogP contribution is 2.40. The standard InChI is InChI=1S/C26H31F4I/c1-3-4-23(31)21-15-13-20(14-16-21)19-10-6-18(7-11-19)8-12-22-9-5-17(2)25(27)24(22)26(28,29)30/h5-7,9-11,20-21,23H,3-4,8,12-16H2,1-2H3. The maximum Gasteiger partial charge on any atom is 0.419 e. The van der Waals surface area contributed by atoms with E-state index in [-0.39, 0.29) is 17.5 Å². The minimum atomic E-state index is -4.68. The second kappa shape index (κ2) is 10.7. The first-order valence-electron chi connectivity index (χ1n) is 11.3. The van der Waals surface area contributed by atoms with Crippen molar-refractivity contribution < 1.29 is 17.6 Å². The summed E-state index contributed by atoms with van der Waals surface area (Å²) in [6, 6.07) is 11.2. The van der Waals surface area contributed by atoms with Gasteiger partial charge in [-0.25, -0.2) is 4.39 Å². The van der Waals surface area contributed by atoms with Crippen molar-refractivity contribution in [2.45, 2.75) is 81.2 Å². The molecular weight excluding hydrogens is 515 g/mol. The van der Waals surface area contributed by atoms with E-state index < -0.39 is 17.6 Å². The third-order valence-corrected chi connectivity index (χ3v) is 8.33. The lowest BCUT2D eigenvalue weighted by atomic mass is 9.77. The maximum absolute atomic E-state index is 14.1. The van der Waals surface area contributed by atoms with E-state index in [2.05, 4.69) is 41.6 Å². The number of rotatable bonds is 7. The summed E-state index contributed by atoms with van der Waals surface area (Å²) in [6.45, 7) is 3.61. The molecule has 1 aliphatic rings. The molecule has 1 unspecified atom stereocenters. The number of alkyl halides is 4. The van der Waals surface area contributed by atoms with Crippen LogP contribution < -0.4 is 0 Å². The van der Waals surface area contributed by atoms with E-state index in [0.717, 1.165) is 15.4 Å². The van der Waals surface area contributed by atoms with Crippen molar-refractivity contribution >= 4 is 22.6 Å². The Bertz CT molecular complexity index is 849. The highest BCUT2D eigenvalue weighted by atomic mass is 127. The molecule has 1 saturated carbocycles. The van der Waals surface area contributed by atoms with Gasteiger partial charge in [0.2, 0.25) is 0 Å². The lowest BCUT2D eigenvalue weighted by molar-refractivity contribution is -0.140. The Morgan fingerprint density at radius 2 is 1.61 bits per heavy atom. The van der Waals surface area contributed by atoms with Gasteiger partial charge in [-0.15, -0.1) is 0 Å². The molecule has 1 atom stereocenters. The topological polar surface area (TPSA) is 0 Å². The van der Waals surface area contributed by atoms with Gasteiger partial charge in [0.1, 0.15) is 5.82 Å². The van der Waals surface area contributed by atoms with Gasteiger partial charge in [0.15, 0.2) is 0 Å². The number of aryl methyl sites for hydroxylation is 3. The Hall–Kier alpha value is -1.11. The van der Waals surface area contributed by atoms with Crippen molar-refractivity contribution in [3.63, 3.8) is 0 Å². The molecule has 1 fully saturated rings. The van der Waals surface area contributed by atoms with Gasteiger partial charge in [-0.2, -0.15) is 13.2 Å². The van der Waals surface area contributed by atoms with Crippen LogP contribution >= 0.6 is 22.6 Å². The molecule has 2 aromatic carbocycles. The Kier molecular flexibility index (Phi) is 8.44. The zero-order valence-corrected chi connectivity index (χ0v) is 20.4. The molecule has 1 aliphatic carbocycles. The van der Waals surface area contributed by atoms with Crippen molar-refractivity contribution in [2.75, 3.05) is 0 Å². The third-order valence-electron chi connectivity index (χ3n) is 6.69. The van der Waals surface area contributed by atoms with E-state index >= 15 is 0 Å². The summed E-state index contributed by atoms with van der Waals surface area (Å²) in [4.78, 5) is 0. The Balaban J connectivity index is 1.61. The largest absolute Gasteiger partial charge is 0.419 e. The Labute approximate surface area is 197 Å². The number of hydrogen-bond donors (Lipinski definition) is 0. The Morgan fingerprint density at radius 1 is 0.968 bits per heavy atom. The van der Waals surface area contributed by atoms with Gasteiger partial charge < -0.3 is 0 Å². The van der Waals surface area contributed by atoms with Crippen LogP contribution in [0.1, 0.15) is 79.2 Å². The van der Waals surface area contributed by atoms with Gasteiger partial charge in [-0.1, -0.05) is 72.3 Å². The molecule has 0 aliphatic heterocycles. The van der Waals surface area contributed by atoms with E-state index in [1.54, 1.807) is 0 Å².